The molecule has 1 unspecified atom stereocenters. The van der Waals surface area contributed by atoms with Gasteiger partial charge in [-0.2, -0.15) is 0 Å². The minimum Gasteiger partial charge on any atom is -0.428 e. The van der Waals surface area contributed by atoms with Crippen molar-refractivity contribution in [3.63, 3.8) is 0 Å². The van der Waals surface area contributed by atoms with Gasteiger partial charge in [0.25, 0.3) is 0 Å². The normalized spacial score (nSPS) is 10.1. The summed E-state index contributed by atoms with van der Waals surface area (Å²) >= 11 is 0. The van der Waals surface area contributed by atoms with E-state index in [1.165, 1.54) is 0 Å². The Morgan fingerprint density at radius 2 is 1.73 bits per heavy atom. The van der Waals surface area contributed by atoms with Crippen LogP contribution in [0, 0.1) is 19.3 Å². The van der Waals surface area contributed by atoms with Gasteiger partial charge in [-0.1, -0.05) is 13.2 Å². The van der Waals surface area contributed by atoms with Gasteiger partial charge in [0.05, 0.1) is 20.1 Å². The number of hydrogen-bond acceptors (Lipinski definition) is 4. The molecule has 0 saturated heterocycles. The van der Waals surface area contributed by atoms with Gasteiger partial charge >= 0.3 is 0 Å². The van der Waals surface area contributed by atoms with Crippen LogP contribution in [0.4, 0.5) is 0 Å². The molecule has 0 saturated carbocycles. The quantitative estimate of drug-likeness (QED) is 0.507. The minimum absolute atomic E-state index is 0. The van der Waals surface area contributed by atoms with Gasteiger partial charge in [0.2, 0.25) is 0 Å². The molecule has 0 fully saturated rings. The molecule has 86 valence electrons. The fourth-order valence-electron chi connectivity index (χ4n) is 0.459. The van der Waals surface area contributed by atoms with Crippen molar-refractivity contribution < 1.29 is 85.1 Å². The topological polar surface area (TPSA) is 58.9 Å². The van der Waals surface area contributed by atoms with E-state index in [2.05, 4.69) is 16.4 Å². The predicted octanol–water partition coefficient (Wildman–Crippen LogP) is -0.100. The average Bonchev–Trinajstić information content (AvgIpc) is 2.16. The van der Waals surface area contributed by atoms with Crippen LogP contribution in [-0.4, -0.2) is 50.9 Å². The molecule has 0 aliphatic rings. The summed E-state index contributed by atoms with van der Waals surface area (Å²) in [7, 11) is 3.18. The molecule has 1 atom stereocenters. The van der Waals surface area contributed by atoms with Crippen LogP contribution in [-0.2, 0) is 74.9 Å². The van der Waals surface area contributed by atoms with Crippen LogP contribution < -0.4 is 0 Å². The molecule has 0 spiro atoms. The van der Waals surface area contributed by atoms with Crippen molar-refractivity contribution in [2.24, 2.45) is 5.92 Å². The molecule has 6 heteroatoms. The molecule has 4 nitrogen and oxygen atoms in total. The molecular weight excluding hydrogens is 350 g/mol. The number of ether oxygens (including phenoxy) is 2. The van der Waals surface area contributed by atoms with Crippen molar-refractivity contribution in [1.29, 1.82) is 0 Å². The Labute approximate surface area is 143 Å². The van der Waals surface area contributed by atoms with Gasteiger partial charge in [-0.15, -0.1) is 0 Å². The number of aliphatic hydroxyl groups excluding tert-OH is 2. The van der Waals surface area contributed by atoms with Gasteiger partial charge in [-0.05, 0) is 0 Å². The molecule has 2 radical (unpaired) electrons. The zero-order valence-corrected chi connectivity index (χ0v) is 15.2. The summed E-state index contributed by atoms with van der Waals surface area (Å²) in [5.74, 6) is 0.0324. The third-order valence-corrected chi connectivity index (χ3v) is 1.07. The van der Waals surface area contributed by atoms with Crippen molar-refractivity contribution in [2.75, 3.05) is 40.6 Å². The van der Waals surface area contributed by atoms with Gasteiger partial charge in [0, 0.05) is 79.6 Å². The maximum atomic E-state index is 8.32. The molecule has 0 aromatic heterocycles. The first-order chi connectivity index (χ1) is 6.22. The summed E-state index contributed by atoms with van der Waals surface area (Å²) in [6.07, 6.45) is 1.64. The van der Waals surface area contributed by atoms with Crippen LogP contribution in [0.3, 0.4) is 0 Å². The SMILES string of the molecule is COC[CH-]CO.[CH2+]C(CO)COC.[Y].[Y]. The van der Waals surface area contributed by atoms with Crippen molar-refractivity contribution in [2.45, 2.75) is 0 Å². The molecular formula is C9H20O4Y2. The first kappa shape index (κ1) is 25.7. The van der Waals surface area contributed by atoms with Crippen LogP contribution in [0.15, 0.2) is 0 Å². The number of aliphatic hydroxyl groups is 2. The first-order valence-corrected chi connectivity index (χ1v) is 4.07. The van der Waals surface area contributed by atoms with Crippen LogP contribution in [0.25, 0.3) is 0 Å². The maximum Gasteiger partial charge on any atom is 0.141 e. The van der Waals surface area contributed by atoms with E-state index < -0.39 is 0 Å². The molecule has 0 aromatic rings. The standard InChI is InChI=1S/C5H11O2.C4H9O2.2Y/c1-5(3-6)4-7-2;1-6-4-2-3-5;;/h5-6H,1,3-4H2,2H3;2,5H,3-4H2,1H3;;/q+1;-1;;. The van der Waals surface area contributed by atoms with E-state index in [1.54, 1.807) is 20.6 Å². The van der Waals surface area contributed by atoms with Gasteiger partial charge < -0.3 is 19.7 Å². The monoisotopic (exact) mass is 370 g/mol. The molecule has 0 aliphatic heterocycles. The Bertz CT molecular complexity index is 82.5. The van der Waals surface area contributed by atoms with Crippen LogP contribution >= 0.6 is 0 Å². The molecule has 15 heavy (non-hydrogen) atoms. The summed E-state index contributed by atoms with van der Waals surface area (Å²) < 4.78 is 9.24. The predicted molar refractivity (Wildman–Crippen MR) is 51.1 cm³/mol. The second kappa shape index (κ2) is 24.9. The van der Waals surface area contributed by atoms with Crippen LogP contribution in [0.1, 0.15) is 0 Å². The number of hydrogen-bond donors (Lipinski definition) is 2. The van der Waals surface area contributed by atoms with E-state index in [0.717, 1.165) is 0 Å². The smallest absolute Gasteiger partial charge is 0.141 e. The third kappa shape index (κ3) is 31.3. The Balaban J connectivity index is -0.0000000718. The maximum absolute atomic E-state index is 8.32. The van der Waals surface area contributed by atoms with E-state index in [-0.39, 0.29) is 84.6 Å². The first-order valence-electron chi connectivity index (χ1n) is 4.07. The molecule has 0 amide bonds. The summed E-state index contributed by atoms with van der Waals surface area (Å²) in [6.45, 7) is 4.86. The van der Waals surface area contributed by atoms with E-state index in [9.17, 15) is 0 Å². The Kier molecular flexibility index (Phi) is 42.7. The number of rotatable bonds is 6. The van der Waals surface area contributed by atoms with Gasteiger partial charge in [0.15, 0.2) is 0 Å². The zero-order valence-electron chi connectivity index (χ0n) is 9.56. The molecule has 2 N–H and O–H groups in total. The Hall–Kier alpha value is 1.92. The largest absolute Gasteiger partial charge is 0.428 e. The minimum atomic E-state index is 0. The summed E-state index contributed by atoms with van der Waals surface area (Å²) in [6, 6.07) is 0. The van der Waals surface area contributed by atoms with Crippen molar-refractivity contribution >= 4 is 0 Å². The molecule has 0 rings (SSSR count). The molecule has 0 heterocycles. The van der Waals surface area contributed by atoms with E-state index >= 15 is 0 Å². The summed E-state index contributed by atoms with van der Waals surface area (Å²) in [4.78, 5) is 0. The van der Waals surface area contributed by atoms with E-state index in [4.69, 9.17) is 10.2 Å². The molecule has 0 bridgehead atoms. The molecule has 0 aliphatic carbocycles. The van der Waals surface area contributed by atoms with Gasteiger partial charge in [-0.3, -0.25) is 6.42 Å². The Morgan fingerprint density at radius 1 is 1.20 bits per heavy atom. The fraction of sp³-hybridized carbons (Fsp3) is 0.778. The van der Waals surface area contributed by atoms with E-state index in [1.807, 2.05) is 0 Å². The van der Waals surface area contributed by atoms with Crippen molar-refractivity contribution in [3.05, 3.63) is 13.3 Å². The van der Waals surface area contributed by atoms with Gasteiger partial charge in [-0.25, -0.2) is 0 Å². The average molecular weight is 370 g/mol. The van der Waals surface area contributed by atoms with Crippen LogP contribution in [0.5, 0.6) is 0 Å². The van der Waals surface area contributed by atoms with Crippen LogP contribution in [0.2, 0.25) is 0 Å². The van der Waals surface area contributed by atoms with Crippen molar-refractivity contribution in [1.82, 2.24) is 0 Å². The Morgan fingerprint density at radius 3 is 1.87 bits per heavy atom. The fourth-order valence-corrected chi connectivity index (χ4v) is 0.459. The zero-order chi connectivity index (χ0) is 10.5. The second-order valence-electron chi connectivity index (χ2n) is 2.43. The summed E-state index contributed by atoms with van der Waals surface area (Å²) in [5, 5.41) is 16.4. The second-order valence-corrected chi connectivity index (χ2v) is 2.43. The van der Waals surface area contributed by atoms with E-state index in [0.29, 0.717) is 13.2 Å². The third-order valence-electron chi connectivity index (χ3n) is 1.07. The number of methoxy groups -OCH3 is 2. The molecule has 0 aromatic carbocycles. The van der Waals surface area contributed by atoms with Crippen molar-refractivity contribution in [3.8, 4) is 0 Å². The van der Waals surface area contributed by atoms with Gasteiger partial charge in [0.1, 0.15) is 5.92 Å². The summed E-state index contributed by atoms with van der Waals surface area (Å²) in [5.41, 5.74) is 0.